The van der Waals surface area contributed by atoms with Crippen molar-refractivity contribution in [2.75, 3.05) is 20.1 Å². The Kier molecular flexibility index (Phi) is 7.92. The van der Waals surface area contributed by atoms with E-state index in [1.165, 1.54) is 18.4 Å². The second kappa shape index (κ2) is 10.2. The van der Waals surface area contributed by atoms with Gasteiger partial charge in [-0.1, -0.05) is 43.7 Å². The lowest BCUT2D eigenvalue weighted by molar-refractivity contribution is -0.121. The van der Waals surface area contributed by atoms with Crippen LogP contribution in [0.3, 0.4) is 0 Å². The Hall–Kier alpha value is -1.72. The van der Waals surface area contributed by atoms with Crippen LogP contribution in [0.4, 0.5) is 0 Å². The van der Waals surface area contributed by atoms with E-state index in [4.69, 9.17) is 0 Å². The second-order valence-electron chi connectivity index (χ2n) is 6.08. The minimum atomic E-state index is 0.0935. The molecule has 5 heteroatoms. The summed E-state index contributed by atoms with van der Waals surface area (Å²) in [5.74, 6) is 0.0935. The third-order valence-electron chi connectivity index (χ3n) is 3.88. The molecule has 1 heterocycles. The molecular weight excluding hydrogens is 318 g/mol. The Morgan fingerprint density at radius 2 is 2.04 bits per heavy atom. The molecule has 0 bridgehead atoms. The molecule has 24 heavy (non-hydrogen) atoms. The molecule has 0 unspecified atom stereocenters. The van der Waals surface area contributed by atoms with Gasteiger partial charge in [-0.05, 0) is 25.6 Å². The van der Waals surface area contributed by atoms with E-state index in [-0.39, 0.29) is 5.91 Å². The van der Waals surface area contributed by atoms with Crippen LogP contribution in [-0.2, 0) is 17.8 Å². The van der Waals surface area contributed by atoms with Crippen LogP contribution in [0.1, 0.15) is 42.5 Å². The Morgan fingerprint density at radius 1 is 1.25 bits per heavy atom. The molecular formula is C19H27N3OS. The van der Waals surface area contributed by atoms with Crippen molar-refractivity contribution >= 4 is 17.2 Å². The molecule has 1 aromatic carbocycles. The molecule has 4 nitrogen and oxygen atoms in total. The van der Waals surface area contributed by atoms with Crippen LogP contribution in [0, 0.1) is 0 Å². The van der Waals surface area contributed by atoms with Crippen LogP contribution < -0.4 is 5.32 Å². The number of aromatic nitrogens is 1. The van der Waals surface area contributed by atoms with Gasteiger partial charge in [-0.2, -0.15) is 0 Å². The van der Waals surface area contributed by atoms with Gasteiger partial charge in [0.25, 0.3) is 0 Å². The summed E-state index contributed by atoms with van der Waals surface area (Å²) in [5, 5.41) is 6.09. The molecule has 0 spiro atoms. The topological polar surface area (TPSA) is 45.2 Å². The zero-order valence-electron chi connectivity index (χ0n) is 14.6. The standard InChI is InChI=1S/C19H27N3OS/c1-3-4-11-22(2)12-10-18(23)20-14-17-15-24-19(21-17)13-16-8-6-5-7-9-16/h5-9,15H,3-4,10-14H2,1-2H3,(H,20,23). The van der Waals surface area contributed by atoms with Crippen LogP contribution in [0.15, 0.2) is 35.7 Å². The predicted molar refractivity (Wildman–Crippen MR) is 100 cm³/mol. The normalized spacial score (nSPS) is 11.0. The Balaban J connectivity index is 1.70. The van der Waals surface area contributed by atoms with Gasteiger partial charge in [-0.15, -0.1) is 11.3 Å². The van der Waals surface area contributed by atoms with Crippen molar-refractivity contribution < 1.29 is 4.79 Å². The highest BCUT2D eigenvalue weighted by atomic mass is 32.1. The number of nitrogens with one attached hydrogen (secondary N) is 1. The first-order valence-electron chi connectivity index (χ1n) is 8.60. The van der Waals surface area contributed by atoms with Crippen LogP contribution >= 0.6 is 11.3 Å². The van der Waals surface area contributed by atoms with Gasteiger partial charge in [0.2, 0.25) is 5.91 Å². The van der Waals surface area contributed by atoms with E-state index in [9.17, 15) is 4.79 Å². The average Bonchev–Trinajstić information content (AvgIpc) is 3.04. The number of amides is 1. The Bertz CT molecular complexity index is 612. The van der Waals surface area contributed by atoms with Crippen molar-refractivity contribution in [3.05, 3.63) is 52.0 Å². The summed E-state index contributed by atoms with van der Waals surface area (Å²) in [5.41, 5.74) is 2.20. The largest absolute Gasteiger partial charge is 0.350 e. The number of carbonyl (C=O) groups is 1. The molecule has 0 atom stereocenters. The summed E-state index contributed by atoms with van der Waals surface area (Å²) in [6.07, 6.45) is 3.76. The number of hydrogen-bond acceptors (Lipinski definition) is 4. The van der Waals surface area contributed by atoms with Gasteiger partial charge in [0.15, 0.2) is 0 Å². The average molecular weight is 346 g/mol. The van der Waals surface area contributed by atoms with E-state index in [0.29, 0.717) is 13.0 Å². The minimum Gasteiger partial charge on any atom is -0.350 e. The maximum Gasteiger partial charge on any atom is 0.221 e. The molecule has 0 aliphatic rings. The predicted octanol–water partition coefficient (Wildman–Crippen LogP) is 3.47. The molecule has 2 aromatic rings. The van der Waals surface area contributed by atoms with Crippen molar-refractivity contribution in [2.24, 2.45) is 0 Å². The molecule has 1 amide bonds. The van der Waals surface area contributed by atoms with E-state index in [1.54, 1.807) is 11.3 Å². The molecule has 0 saturated heterocycles. The lowest BCUT2D eigenvalue weighted by Crippen LogP contribution is -2.29. The number of hydrogen-bond donors (Lipinski definition) is 1. The molecule has 130 valence electrons. The fourth-order valence-electron chi connectivity index (χ4n) is 2.39. The SMILES string of the molecule is CCCCN(C)CCC(=O)NCc1csc(Cc2ccccc2)n1. The number of carbonyl (C=O) groups excluding carboxylic acids is 1. The number of nitrogens with zero attached hydrogens (tertiary/aromatic N) is 2. The van der Waals surface area contributed by atoms with Crippen LogP contribution in [-0.4, -0.2) is 35.9 Å². The summed E-state index contributed by atoms with van der Waals surface area (Å²) >= 11 is 1.65. The first-order chi connectivity index (χ1) is 11.7. The molecule has 0 fully saturated rings. The smallest absolute Gasteiger partial charge is 0.221 e. The molecule has 0 aliphatic carbocycles. The number of unbranched alkanes of at least 4 members (excludes halogenated alkanes) is 1. The van der Waals surface area contributed by atoms with Crippen LogP contribution in [0.2, 0.25) is 0 Å². The molecule has 2 rings (SSSR count). The van der Waals surface area contributed by atoms with Gasteiger partial charge in [-0.25, -0.2) is 4.98 Å². The third-order valence-corrected chi connectivity index (χ3v) is 4.78. The Labute approximate surface area is 148 Å². The highest BCUT2D eigenvalue weighted by molar-refractivity contribution is 7.09. The van der Waals surface area contributed by atoms with Crippen molar-refractivity contribution in [1.82, 2.24) is 15.2 Å². The molecule has 0 aliphatic heterocycles. The summed E-state index contributed by atoms with van der Waals surface area (Å²) in [6, 6.07) is 10.3. The fourth-order valence-corrected chi connectivity index (χ4v) is 3.22. The number of rotatable bonds is 10. The van der Waals surface area contributed by atoms with Gasteiger partial charge in [-0.3, -0.25) is 4.79 Å². The second-order valence-corrected chi connectivity index (χ2v) is 7.02. The van der Waals surface area contributed by atoms with Gasteiger partial charge in [0.1, 0.15) is 0 Å². The Morgan fingerprint density at radius 3 is 2.79 bits per heavy atom. The van der Waals surface area contributed by atoms with Gasteiger partial charge < -0.3 is 10.2 Å². The molecule has 1 N–H and O–H groups in total. The minimum absolute atomic E-state index is 0.0935. The molecule has 0 saturated carbocycles. The van der Waals surface area contributed by atoms with E-state index >= 15 is 0 Å². The summed E-state index contributed by atoms with van der Waals surface area (Å²) in [7, 11) is 2.07. The van der Waals surface area contributed by atoms with E-state index < -0.39 is 0 Å². The summed E-state index contributed by atoms with van der Waals surface area (Å²) in [4.78, 5) is 18.7. The fraction of sp³-hybridized carbons (Fsp3) is 0.474. The lowest BCUT2D eigenvalue weighted by Gasteiger charge is -2.15. The monoisotopic (exact) mass is 345 g/mol. The van der Waals surface area contributed by atoms with Gasteiger partial charge >= 0.3 is 0 Å². The summed E-state index contributed by atoms with van der Waals surface area (Å²) < 4.78 is 0. The van der Waals surface area contributed by atoms with Crippen LogP contribution in [0.5, 0.6) is 0 Å². The van der Waals surface area contributed by atoms with E-state index in [2.05, 4.69) is 41.3 Å². The first-order valence-corrected chi connectivity index (χ1v) is 9.47. The van der Waals surface area contributed by atoms with E-state index in [0.717, 1.165) is 30.2 Å². The summed E-state index contributed by atoms with van der Waals surface area (Å²) in [6.45, 7) is 4.56. The van der Waals surface area contributed by atoms with Crippen molar-refractivity contribution in [2.45, 2.75) is 39.2 Å². The maximum absolute atomic E-state index is 11.9. The van der Waals surface area contributed by atoms with Crippen molar-refractivity contribution in [3.63, 3.8) is 0 Å². The molecule has 1 aromatic heterocycles. The van der Waals surface area contributed by atoms with Gasteiger partial charge in [0.05, 0.1) is 17.2 Å². The van der Waals surface area contributed by atoms with Crippen LogP contribution in [0.25, 0.3) is 0 Å². The third kappa shape index (κ3) is 6.81. The first kappa shape index (κ1) is 18.6. The number of thiazole rings is 1. The highest BCUT2D eigenvalue weighted by Gasteiger charge is 2.07. The van der Waals surface area contributed by atoms with E-state index in [1.807, 2.05) is 23.6 Å². The van der Waals surface area contributed by atoms with Crippen molar-refractivity contribution in [1.29, 1.82) is 0 Å². The zero-order chi connectivity index (χ0) is 17.2. The molecule has 0 radical (unpaired) electrons. The number of benzene rings is 1. The highest BCUT2D eigenvalue weighted by Crippen LogP contribution is 2.14. The zero-order valence-corrected chi connectivity index (χ0v) is 15.4. The quantitative estimate of drug-likeness (QED) is 0.717. The van der Waals surface area contributed by atoms with Gasteiger partial charge in [0, 0.05) is 24.8 Å². The lowest BCUT2D eigenvalue weighted by atomic mass is 10.2. The van der Waals surface area contributed by atoms with Crippen molar-refractivity contribution in [3.8, 4) is 0 Å². The maximum atomic E-state index is 11.9.